The molecule has 20 heavy (non-hydrogen) atoms. The lowest BCUT2D eigenvalue weighted by Crippen LogP contribution is -2.22. The predicted octanol–water partition coefficient (Wildman–Crippen LogP) is 2.42. The van der Waals surface area contributed by atoms with Crippen LogP contribution < -0.4 is 0 Å². The number of esters is 1. The van der Waals surface area contributed by atoms with E-state index >= 15 is 0 Å². The van der Waals surface area contributed by atoms with Crippen LogP contribution in [0.1, 0.15) is 32.0 Å². The van der Waals surface area contributed by atoms with Crippen LogP contribution in [0.2, 0.25) is 0 Å². The summed E-state index contributed by atoms with van der Waals surface area (Å²) in [6, 6.07) is 10.0. The van der Waals surface area contributed by atoms with Gasteiger partial charge in [-0.2, -0.15) is 0 Å². The Balaban J connectivity index is 1.91. The highest BCUT2D eigenvalue weighted by Gasteiger charge is 2.23. The number of hydrogen-bond acceptors (Lipinski definition) is 4. The van der Waals surface area contributed by atoms with Crippen LogP contribution >= 0.6 is 0 Å². The van der Waals surface area contributed by atoms with E-state index in [4.69, 9.17) is 4.74 Å². The SMILES string of the molecule is CC(C)(C)C(=O)OCc1cn(Cc2ccccc2)nn1. The van der Waals surface area contributed by atoms with Gasteiger partial charge < -0.3 is 4.74 Å². The fourth-order valence-corrected chi connectivity index (χ4v) is 1.61. The highest BCUT2D eigenvalue weighted by atomic mass is 16.5. The average molecular weight is 273 g/mol. The van der Waals surface area contributed by atoms with Crippen LogP contribution in [0.15, 0.2) is 36.5 Å². The maximum atomic E-state index is 11.7. The average Bonchev–Trinajstić information content (AvgIpc) is 2.83. The van der Waals surface area contributed by atoms with Gasteiger partial charge in [0.25, 0.3) is 0 Å². The third-order valence-corrected chi connectivity index (χ3v) is 2.74. The molecule has 0 saturated heterocycles. The molecule has 1 aromatic carbocycles. The molecule has 2 aromatic rings. The lowest BCUT2D eigenvalue weighted by molar-refractivity contribution is -0.154. The minimum atomic E-state index is -0.500. The van der Waals surface area contributed by atoms with E-state index in [1.807, 2.05) is 51.1 Å². The van der Waals surface area contributed by atoms with Gasteiger partial charge in [0.1, 0.15) is 12.3 Å². The number of benzene rings is 1. The first-order valence-corrected chi connectivity index (χ1v) is 6.55. The Labute approximate surface area is 118 Å². The Kier molecular flexibility index (Phi) is 4.17. The molecule has 0 aliphatic rings. The topological polar surface area (TPSA) is 57.0 Å². The molecule has 1 heterocycles. The van der Waals surface area contributed by atoms with Gasteiger partial charge >= 0.3 is 5.97 Å². The summed E-state index contributed by atoms with van der Waals surface area (Å²) in [5.41, 5.74) is 1.30. The van der Waals surface area contributed by atoms with E-state index in [0.29, 0.717) is 12.2 Å². The number of carbonyl (C=O) groups is 1. The van der Waals surface area contributed by atoms with Crippen LogP contribution in [0.3, 0.4) is 0 Å². The van der Waals surface area contributed by atoms with Gasteiger partial charge in [0.05, 0.1) is 18.2 Å². The molecule has 0 unspecified atom stereocenters. The number of hydrogen-bond donors (Lipinski definition) is 0. The molecule has 0 saturated carbocycles. The molecule has 0 radical (unpaired) electrons. The number of rotatable bonds is 4. The van der Waals surface area contributed by atoms with Gasteiger partial charge in [0.2, 0.25) is 0 Å². The molecule has 0 aliphatic carbocycles. The van der Waals surface area contributed by atoms with Gasteiger partial charge in [-0.1, -0.05) is 35.5 Å². The quantitative estimate of drug-likeness (QED) is 0.803. The molecule has 2 rings (SSSR count). The Morgan fingerprint density at radius 1 is 1.25 bits per heavy atom. The summed E-state index contributed by atoms with van der Waals surface area (Å²) in [6.45, 7) is 6.27. The van der Waals surface area contributed by atoms with Gasteiger partial charge in [-0.15, -0.1) is 5.10 Å². The minimum absolute atomic E-state index is 0.158. The molecule has 5 heteroatoms. The predicted molar refractivity (Wildman–Crippen MR) is 74.8 cm³/mol. The van der Waals surface area contributed by atoms with E-state index in [1.165, 1.54) is 0 Å². The Morgan fingerprint density at radius 2 is 1.95 bits per heavy atom. The van der Waals surface area contributed by atoms with Crippen LogP contribution in [0, 0.1) is 5.41 Å². The van der Waals surface area contributed by atoms with Crippen LogP contribution in [0.4, 0.5) is 0 Å². The molecule has 0 amide bonds. The third-order valence-electron chi connectivity index (χ3n) is 2.74. The number of nitrogens with zero attached hydrogens (tertiary/aromatic N) is 3. The Bertz CT molecular complexity index is 570. The zero-order valence-electron chi connectivity index (χ0n) is 12.0. The van der Waals surface area contributed by atoms with E-state index in [-0.39, 0.29) is 12.6 Å². The monoisotopic (exact) mass is 273 g/mol. The zero-order valence-corrected chi connectivity index (χ0v) is 12.0. The fraction of sp³-hybridized carbons (Fsp3) is 0.400. The summed E-state index contributed by atoms with van der Waals surface area (Å²) < 4.78 is 6.93. The standard InChI is InChI=1S/C15H19N3O2/c1-15(2,3)14(19)20-11-13-10-18(17-16-13)9-12-7-5-4-6-8-12/h4-8,10H,9,11H2,1-3H3. The molecule has 0 atom stereocenters. The minimum Gasteiger partial charge on any atom is -0.459 e. The molecular formula is C15H19N3O2. The van der Waals surface area contributed by atoms with Crippen molar-refractivity contribution in [1.29, 1.82) is 0 Å². The van der Waals surface area contributed by atoms with Crippen LogP contribution in [0.5, 0.6) is 0 Å². The van der Waals surface area contributed by atoms with E-state index in [2.05, 4.69) is 10.3 Å². The smallest absolute Gasteiger partial charge is 0.311 e. The van der Waals surface area contributed by atoms with Gasteiger partial charge in [0.15, 0.2) is 0 Å². The number of ether oxygens (including phenoxy) is 1. The fourth-order valence-electron chi connectivity index (χ4n) is 1.61. The normalized spacial score (nSPS) is 11.3. The van der Waals surface area contributed by atoms with Crippen molar-refractivity contribution in [2.45, 2.75) is 33.9 Å². The molecule has 0 aliphatic heterocycles. The first-order valence-electron chi connectivity index (χ1n) is 6.55. The number of carbonyl (C=O) groups excluding carboxylic acids is 1. The highest BCUT2D eigenvalue weighted by Crippen LogP contribution is 2.16. The lowest BCUT2D eigenvalue weighted by Gasteiger charge is -2.15. The highest BCUT2D eigenvalue weighted by molar-refractivity contribution is 5.75. The van der Waals surface area contributed by atoms with Gasteiger partial charge in [-0.05, 0) is 26.3 Å². The van der Waals surface area contributed by atoms with Crippen molar-refractivity contribution in [3.8, 4) is 0 Å². The molecular weight excluding hydrogens is 254 g/mol. The lowest BCUT2D eigenvalue weighted by atomic mass is 9.97. The molecule has 0 spiro atoms. The first-order chi connectivity index (χ1) is 9.45. The van der Waals surface area contributed by atoms with Crippen molar-refractivity contribution in [1.82, 2.24) is 15.0 Å². The summed E-state index contributed by atoms with van der Waals surface area (Å²) in [6.07, 6.45) is 1.79. The second-order valence-electron chi connectivity index (χ2n) is 5.72. The maximum Gasteiger partial charge on any atom is 0.311 e. The summed E-state index contributed by atoms with van der Waals surface area (Å²) in [5, 5.41) is 8.03. The van der Waals surface area contributed by atoms with Gasteiger partial charge in [-0.3, -0.25) is 4.79 Å². The Morgan fingerprint density at radius 3 is 2.60 bits per heavy atom. The van der Waals surface area contributed by atoms with Crippen molar-refractivity contribution in [2.75, 3.05) is 0 Å². The van der Waals surface area contributed by atoms with Crippen LogP contribution in [-0.4, -0.2) is 21.0 Å². The van der Waals surface area contributed by atoms with Crippen LogP contribution in [0.25, 0.3) is 0 Å². The van der Waals surface area contributed by atoms with Gasteiger partial charge in [-0.25, -0.2) is 4.68 Å². The summed E-state index contributed by atoms with van der Waals surface area (Å²) in [5.74, 6) is -0.241. The van der Waals surface area contributed by atoms with Gasteiger partial charge in [0, 0.05) is 0 Å². The van der Waals surface area contributed by atoms with Crippen molar-refractivity contribution in [2.24, 2.45) is 5.41 Å². The van der Waals surface area contributed by atoms with Crippen molar-refractivity contribution >= 4 is 5.97 Å². The van der Waals surface area contributed by atoms with E-state index in [1.54, 1.807) is 10.9 Å². The van der Waals surface area contributed by atoms with E-state index in [0.717, 1.165) is 5.56 Å². The Hall–Kier alpha value is -2.17. The molecule has 5 nitrogen and oxygen atoms in total. The van der Waals surface area contributed by atoms with Crippen molar-refractivity contribution in [3.05, 3.63) is 47.8 Å². The second kappa shape index (κ2) is 5.86. The zero-order chi connectivity index (χ0) is 14.6. The molecule has 1 aromatic heterocycles. The molecule has 106 valence electrons. The van der Waals surface area contributed by atoms with E-state index in [9.17, 15) is 4.79 Å². The molecule has 0 fully saturated rings. The molecule has 0 bridgehead atoms. The molecule has 0 N–H and O–H groups in total. The first kappa shape index (κ1) is 14.2. The second-order valence-corrected chi connectivity index (χ2v) is 5.72. The third kappa shape index (κ3) is 3.91. The summed E-state index contributed by atoms with van der Waals surface area (Å²) >= 11 is 0. The summed E-state index contributed by atoms with van der Waals surface area (Å²) in [4.78, 5) is 11.7. The van der Waals surface area contributed by atoms with Crippen LogP contribution in [-0.2, 0) is 22.7 Å². The number of aromatic nitrogens is 3. The van der Waals surface area contributed by atoms with Crippen molar-refractivity contribution in [3.63, 3.8) is 0 Å². The largest absolute Gasteiger partial charge is 0.459 e. The van der Waals surface area contributed by atoms with E-state index < -0.39 is 5.41 Å². The maximum absolute atomic E-state index is 11.7. The summed E-state index contributed by atoms with van der Waals surface area (Å²) in [7, 11) is 0. The van der Waals surface area contributed by atoms with Crippen molar-refractivity contribution < 1.29 is 9.53 Å².